The second-order valence-electron chi connectivity index (χ2n) is 3.55. The summed E-state index contributed by atoms with van der Waals surface area (Å²) in [4.78, 5) is 0. The molecule has 0 bridgehead atoms. The van der Waals surface area contributed by atoms with Crippen molar-refractivity contribution in [2.24, 2.45) is 0 Å². The van der Waals surface area contributed by atoms with E-state index in [9.17, 15) is 12.8 Å². The lowest BCUT2D eigenvalue weighted by molar-refractivity contribution is 0.480. The van der Waals surface area contributed by atoms with Crippen LogP contribution in [0.1, 0.15) is 11.1 Å². The maximum absolute atomic E-state index is 12.9. The van der Waals surface area contributed by atoms with Crippen molar-refractivity contribution in [2.45, 2.75) is 13.5 Å². The van der Waals surface area contributed by atoms with E-state index >= 15 is 0 Å². The Labute approximate surface area is 94.2 Å². The van der Waals surface area contributed by atoms with Gasteiger partial charge in [-0.15, -0.1) is 0 Å². The van der Waals surface area contributed by atoms with Gasteiger partial charge in [0.1, 0.15) is 5.82 Å². The molecule has 0 aliphatic carbocycles. The third-order valence-corrected chi connectivity index (χ3v) is 2.81. The number of aryl methyl sites for hydroxylation is 1. The molecular weight excluding hydrogens is 233 g/mol. The number of rotatable bonds is 5. The third kappa shape index (κ3) is 4.69. The minimum atomic E-state index is -3.92. The molecule has 0 radical (unpaired) electrons. The van der Waals surface area contributed by atoms with Gasteiger partial charge < -0.3 is 5.32 Å². The van der Waals surface area contributed by atoms with E-state index in [0.717, 1.165) is 5.56 Å². The molecule has 6 heteroatoms. The summed E-state index contributed by atoms with van der Waals surface area (Å²) in [7, 11) is -3.92. The van der Waals surface area contributed by atoms with Crippen LogP contribution in [0.15, 0.2) is 18.2 Å². The highest BCUT2D eigenvalue weighted by Crippen LogP contribution is 2.08. The van der Waals surface area contributed by atoms with Crippen LogP contribution >= 0.6 is 0 Å². The summed E-state index contributed by atoms with van der Waals surface area (Å²) >= 11 is 0. The largest absolute Gasteiger partial charge is 0.312 e. The maximum Gasteiger partial charge on any atom is 0.266 e. The fourth-order valence-electron chi connectivity index (χ4n) is 1.25. The second-order valence-corrected chi connectivity index (χ2v) is 5.12. The fraction of sp³-hybridized carbons (Fsp3) is 0.400. The number of halogens is 1. The van der Waals surface area contributed by atoms with Crippen LogP contribution in [0.4, 0.5) is 4.39 Å². The molecule has 0 saturated heterocycles. The Kier molecular flexibility index (Phi) is 4.40. The Morgan fingerprint density at radius 1 is 1.44 bits per heavy atom. The predicted molar refractivity (Wildman–Crippen MR) is 59.3 cm³/mol. The smallest absolute Gasteiger partial charge is 0.266 e. The third-order valence-electron chi connectivity index (χ3n) is 2.09. The second kappa shape index (κ2) is 5.38. The summed E-state index contributed by atoms with van der Waals surface area (Å²) in [6.07, 6.45) is 0. The topological polar surface area (TPSA) is 66.4 Å². The van der Waals surface area contributed by atoms with Crippen molar-refractivity contribution in [3.8, 4) is 0 Å². The number of hydrogen-bond acceptors (Lipinski definition) is 3. The zero-order valence-electron chi connectivity index (χ0n) is 8.90. The lowest BCUT2D eigenvalue weighted by Gasteiger charge is -2.05. The van der Waals surface area contributed by atoms with Crippen LogP contribution in [0.3, 0.4) is 0 Å². The van der Waals surface area contributed by atoms with E-state index in [1.165, 1.54) is 6.07 Å². The molecule has 4 nitrogen and oxygen atoms in total. The molecule has 16 heavy (non-hydrogen) atoms. The van der Waals surface area contributed by atoms with Crippen molar-refractivity contribution < 1.29 is 17.4 Å². The van der Waals surface area contributed by atoms with Crippen LogP contribution in [0.5, 0.6) is 0 Å². The Morgan fingerprint density at radius 2 is 2.12 bits per heavy atom. The summed E-state index contributed by atoms with van der Waals surface area (Å²) in [5.74, 6) is -0.589. The number of benzene rings is 1. The first-order chi connectivity index (χ1) is 7.38. The highest BCUT2D eigenvalue weighted by atomic mass is 32.2. The van der Waals surface area contributed by atoms with Crippen LogP contribution in [-0.4, -0.2) is 25.3 Å². The first-order valence-corrected chi connectivity index (χ1v) is 6.40. The van der Waals surface area contributed by atoms with Gasteiger partial charge in [0.15, 0.2) is 0 Å². The van der Waals surface area contributed by atoms with Crippen LogP contribution in [0.25, 0.3) is 0 Å². The SMILES string of the molecule is Cc1cc(CNCCS(=O)(=O)O)ccc1F. The Morgan fingerprint density at radius 3 is 2.69 bits per heavy atom. The van der Waals surface area contributed by atoms with Gasteiger partial charge >= 0.3 is 0 Å². The zero-order valence-corrected chi connectivity index (χ0v) is 9.72. The molecule has 0 aliphatic rings. The van der Waals surface area contributed by atoms with E-state index in [1.807, 2.05) is 0 Å². The fourth-order valence-corrected chi connectivity index (χ4v) is 1.65. The van der Waals surface area contributed by atoms with Crippen molar-refractivity contribution in [1.29, 1.82) is 0 Å². The Balaban J connectivity index is 2.41. The molecule has 0 saturated carbocycles. The molecule has 0 amide bonds. The van der Waals surface area contributed by atoms with Gasteiger partial charge in [0.2, 0.25) is 0 Å². The molecule has 0 spiro atoms. The number of hydrogen-bond donors (Lipinski definition) is 2. The molecule has 1 rings (SSSR count). The van der Waals surface area contributed by atoms with Gasteiger partial charge in [-0.2, -0.15) is 8.42 Å². The van der Waals surface area contributed by atoms with Crippen LogP contribution in [-0.2, 0) is 16.7 Å². The van der Waals surface area contributed by atoms with Crippen molar-refractivity contribution in [3.63, 3.8) is 0 Å². The average Bonchev–Trinajstić information content (AvgIpc) is 2.17. The van der Waals surface area contributed by atoms with Crippen LogP contribution in [0.2, 0.25) is 0 Å². The van der Waals surface area contributed by atoms with E-state index in [1.54, 1.807) is 19.1 Å². The molecule has 1 aromatic carbocycles. The summed E-state index contributed by atoms with van der Waals surface area (Å²) in [6, 6.07) is 4.69. The summed E-state index contributed by atoms with van der Waals surface area (Å²) in [5.41, 5.74) is 1.42. The molecule has 1 aromatic rings. The van der Waals surface area contributed by atoms with E-state index in [0.29, 0.717) is 12.1 Å². The van der Waals surface area contributed by atoms with Gasteiger partial charge in [0.05, 0.1) is 5.75 Å². The van der Waals surface area contributed by atoms with Crippen LogP contribution < -0.4 is 5.32 Å². The Bertz CT molecular complexity index is 459. The first-order valence-electron chi connectivity index (χ1n) is 4.79. The highest BCUT2D eigenvalue weighted by Gasteiger charge is 2.03. The average molecular weight is 247 g/mol. The lowest BCUT2D eigenvalue weighted by atomic mass is 10.1. The van der Waals surface area contributed by atoms with Gasteiger partial charge in [-0.1, -0.05) is 12.1 Å². The summed E-state index contributed by atoms with van der Waals surface area (Å²) < 4.78 is 42.2. The minimum Gasteiger partial charge on any atom is -0.312 e. The number of nitrogens with one attached hydrogen (secondary N) is 1. The van der Waals surface area contributed by atoms with Crippen LogP contribution in [0, 0.1) is 12.7 Å². The summed E-state index contributed by atoms with van der Waals surface area (Å²) in [6.45, 7) is 2.27. The molecule has 90 valence electrons. The minimum absolute atomic E-state index is 0.162. The van der Waals surface area contributed by atoms with Crippen molar-refractivity contribution in [1.82, 2.24) is 5.32 Å². The molecule has 0 aliphatic heterocycles. The predicted octanol–water partition coefficient (Wildman–Crippen LogP) is 1.11. The van der Waals surface area contributed by atoms with Gasteiger partial charge in [-0.3, -0.25) is 4.55 Å². The van der Waals surface area contributed by atoms with Gasteiger partial charge in [-0.25, -0.2) is 4.39 Å². The van der Waals surface area contributed by atoms with Crippen molar-refractivity contribution in [2.75, 3.05) is 12.3 Å². The van der Waals surface area contributed by atoms with E-state index in [2.05, 4.69) is 5.32 Å². The van der Waals surface area contributed by atoms with E-state index < -0.39 is 10.1 Å². The van der Waals surface area contributed by atoms with Gasteiger partial charge in [0.25, 0.3) is 10.1 Å². The normalized spacial score (nSPS) is 11.7. The molecule has 2 N–H and O–H groups in total. The van der Waals surface area contributed by atoms with Crippen molar-refractivity contribution >= 4 is 10.1 Å². The molecular formula is C10H14FNO3S. The quantitative estimate of drug-likeness (QED) is 0.604. The maximum atomic E-state index is 12.9. The monoisotopic (exact) mass is 247 g/mol. The zero-order chi connectivity index (χ0) is 12.2. The highest BCUT2D eigenvalue weighted by molar-refractivity contribution is 7.85. The Hall–Kier alpha value is -0.980. The van der Waals surface area contributed by atoms with E-state index in [-0.39, 0.29) is 18.1 Å². The first kappa shape index (κ1) is 13.1. The van der Waals surface area contributed by atoms with Crippen molar-refractivity contribution in [3.05, 3.63) is 35.1 Å². The molecule has 0 fully saturated rings. The van der Waals surface area contributed by atoms with E-state index in [4.69, 9.17) is 4.55 Å². The standard InChI is InChI=1S/C10H14FNO3S/c1-8-6-9(2-3-10(8)11)7-12-4-5-16(13,14)15/h2-3,6,12H,4-5,7H2,1H3,(H,13,14,15). The van der Waals surface area contributed by atoms with Gasteiger partial charge in [0, 0.05) is 13.1 Å². The molecule has 0 unspecified atom stereocenters. The lowest BCUT2D eigenvalue weighted by Crippen LogP contribution is -2.22. The molecule has 0 aromatic heterocycles. The molecule has 0 heterocycles. The summed E-state index contributed by atoms with van der Waals surface area (Å²) in [5, 5.41) is 2.84. The van der Waals surface area contributed by atoms with Gasteiger partial charge in [-0.05, 0) is 24.1 Å². The molecule has 0 atom stereocenters.